The van der Waals surface area contributed by atoms with Gasteiger partial charge in [-0.25, -0.2) is 0 Å². The minimum atomic E-state index is 0.462. The molecule has 0 radical (unpaired) electrons. The third-order valence-corrected chi connectivity index (χ3v) is 2.90. The van der Waals surface area contributed by atoms with E-state index in [1.54, 1.807) is 0 Å². The zero-order valence-electron chi connectivity index (χ0n) is 9.41. The van der Waals surface area contributed by atoms with E-state index in [2.05, 4.69) is 0 Å². The summed E-state index contributed by atoms with van der Waals surface area (Å²) in [6.07, 6.45) is 0. The fraction of sp³-hybridized carbons (Fsp3) is 0.143. The lowest BCUT2D eigenvalue weighted by molar-refractivity contribution is 0.306. The van der Waals surface area contributed by atoms with Gasteiger partial charge in [0.25, 0.3) is 0 Å². The highest BCUT2D eigenvalue weighted by molar-refractivity contribution is 6.32. The molecule has 0 fully saturated rings. The van der Waals surface area contributed by atoms with E-state index in [0.717, 1.165) is 11.1 Å². The van der Waals surface area contributed by atoms with Gasteiger partial charge in [-0.2, -0.15) is 0 Å². The summed E-state index contributed by atoms with van der Waals surface area (Å²) in [5.41, 5.74) is 2.14. The van der Waals surface area contributed by atoms with Crippen molar-refractivity contribution >= 4 is 23.2 Å². The molecule has 0 saturated heterocycles. The van der Waals surface area contributed by atoms with Crippen LogP contribution >= 0.6 is 23.2 Å². The Morgan fingerprint density at radius 1 is 1.06 bits per heavy atom. The molecule has 2 aromatic rings. The fourth-order valence-corrected chi connectivity index (χ4v) is 2.01. The molecule has 0 aliphatic rings. The Balaban J connectivity index is 2.07. The first kappa shape index (κ1) is 12.3. The maximum absolute atomic E-state index is 6.08. The van der Waals surface area contributed by atoms with Crippen molar-refractivity contribution in [1.29, 1.82) is 0 Å². The first-order chi connectivity index (χ1) is 8.15. The van der Waals surface area contributed by atoms with Gasteiger partial charge in [-0.3, -0.25) is 0 Å². The summed E-state index contributed by atoms with van der Waals surface area (Å²) in [4.78, 5) is 0. The molecule has 0 aliphatic carbocycles. The molecule has 0 saturated carbocycles. The molecule has 2 aromatic carbocycles. The molecule has 3 heteroatoms. The van der Waals surface area contributed by atoms with E-state index >= 15 is 0 Å². The lowest BCUT2D eigenvalue weighted by Gasteiger charge is -2.08. The summed E-state index contributed by atoms with van der Waals surface area (Å²) in [7, 11) is 0. The fourth-order valence-electron chi connectivity index (χ4n) is 1.51. The number of hydrogen-bond acceptors (Lipinski definition) is 1. The maximum Gasteiger partial charge on any atom is 0.138 e. The van der Waals surface area contributed by atoms with Crippen molar-refractivity contribution < 1.29 is 4.74 Å². The van der Waals surface area contributed by atoms with Crippen LogP contribution in [0.15, 0.2) is 42.5 Å². The van der Waals surface area contributed by atoms with Crippen LogP contribution in [-0.2, 0) is 6.61 Å². The van der Waals surface area contributed by atoms with E-state index in [1.807, 2.05) is 49.4 Å². The number of rotatable bonds is 3. The van der Waals surface area contributed by atoms with Crippen LogP contribution < -0.4 is 4.74 Å². The molecule has 2 rings (SSSR count). The zero-order valence-corrected chi connectivity index (χ0v) is 10.9. The Labute approximate surface area is 111 Å². The molecule has 0 aliphatic heterocycles. The molecule has 88 valence electrons. The van der Waals surface area contributed by atoms with E-state index in [0.29, 0.717) is 22.4 Å². The summed E-state index contributed by atoms with van der Waals surface area (Å²) in [6, 6.07) is 13.3. The average Bonchev–Trinajstić information content (AvgIpc) is 2.28. The van der Waals surface area contributed by atoms with Gasteiger partial charge in [0, 0.05) is 5.02 Å². The molecule has 0 atom stereocenters. The molecule has 0 heterocycles. The highest BCUT2D eigenvalue weighted by atomic mass is 35.5. The van der Waals surface area contributed by atoms with Crippen molar-refractivity contribution in [1.82, 2.24) is 0 Å². The Morgan fingerprint density at radius 2 is 1.88 bits per heavy atom. The molecule has 17 heavy (non-hydrogen) atoms. The molecule has 0 aromatic heterocycles. The van der Waals surface area contributed by atoms with E-state index in [-0.39, 0.29) is 0 Å². The number of halogens is 2. The Hall–Kier alpha value is -1.18. The van der Waals surface area contributed by atoms with Gasteiger partial charge >= 0.3 is 0 Å². The van der Waals surface area contributed by atoms with Crippen LogP contribution in [0.25, 0.3) is 0 Å². The molecular weight excluding hydrogens is 255 g/mol. The van der Waals surface area contributed by atoms with E-state index in [4.69, 9.17) is 27.9 Å². The van der Waals surface area contributed by atoms with Crippen LogP contribution in [0.1, 0.15) is 11.1 Å². The molecule has 0 amide bonds. The second kappa shape index (κ2) is 5.44. The topological polar surface area (TPSA) is 9.23 Å². The van der Waals surface area contributed by atoms with Crippen molar-refractivity contribution in [2.24, 2.45) is 0 Å². The summed E-state index contributed by atoms with van der Waals surface area (Å²) in [6.45, 7) is 2.45. The third kappa shape index (κ3) is 3.39. The third-order valence-electron chi connectivity index (χ3n) is 2.37. The standard InChI is InChI=1S/C14H12Cl2O/c1-10-5-6-14(13(16)7-10)17-9-11-3-2-4-12(15)8-11/h2-8H,9H2,1H3. The van der Waals surface area contributed by atoms with Gasteiger partial charge in [-0.05, 0) is 42.3 Å². The Morgan fingerprint density at radius 3 is 2.59 bits per heavy atom. The second-order valence-electron chi connectivity index (χ2n) is 3.85. The van der Waals surface area contributed by atoms with E-state index in [9.17, 15) is 0 Å². The van der Waals surface area contributed by atoms with Gasteiger partial charge in [0.1, 0.15) is 12.4 Å². The normalized spacial score (nSPS) is 10.3. The molecular formula is C14H12Cl2O. The highest BCUT2D eigenvalue weighted by Crippen LogP contribution is 2.26. The number of ether oxygens (including phenoxy) is 1. The van der Waals surface area contributed by atoms with E-state index in [1.165, 1.54) is 0 Å². The predicted molar refractivity (Wildman–Crippen MR) is 72.0 cm³/mol. The molecule has 0 spiro atoms. The smallest absolute Gasteiger partial charge is 0.138 e. The second-order valence-corrected chi connectivity index (χ2v) is 4.70. The van der Waals surface area contributed by atoms with Crippen molar-refractivity contribution in [3.05, 3.63) is 63.6 Å². The zero-order chi connectivity index (χ0) is 12.3. The summed E-state index contributed by atoms with van der Waals surface area (Å²) < 4.78 is 5.64. The van der Waals surface area contributed by atoms with Crippen LogP contribution in [0.3, 0.4) is 0 Å². The Kier molecular flexibility index (Phi) is 3.93. The first-order valence-corrected chi connectivity index (χ1v) is 6.04. The van der Waals surface area contributed by atoms with Crippen LogP contribution in [-0.4, -0.2) is 0 Å². The minimum absolute atomic E-state index is 0.462. The van der Waals surface area contributed by atoms with Gasteiger partial charge in [-0.15, -0.1) is 0 Å². The van der Waals surface area contributed by atoms with Gasteiger partial charge in [-0.1, -0.05) is 41.4 Å². The van der Waals surface area contributed by atoms with Crippen molar-refractivity contribution in [2.75, 3.05) is 0 Å². The average molecular weight is 267 g/mol. The van der Waals surface area contributed by atoms with Gasteiger partial charge in [0.05, 0.1) is 5.02 Å². The van der Waals surface area contributed by atoms with Crippen LogP contribution in [0, 0.1) is 6.92 Å². The largest absolute Gasteiger partial charge is 0.487 e. The lowest BCUT2D eigenvalue weighted by atomic mass is 10.2. The molecule has 0 N–H and O–H groups in total. The summed E-state index contributed by atoms with van der Waals surface area (Å²) in [5.74, 6) is 0.692. The van der Waals surface area contributed by atoms with Gasteiger partial charge in [0.15, 0.2) is 0 Å². The van der Waals surface area contributed by atoms with Crippen LogP contribution in [0.5, 0.6) is 5.75 Å². The van der Waals surface area contributed by atoms with Gasteiger partial charge in [0.2, 0.25) is 0 Å². The number of benzene rings is 2. The van der Waals surface area contributed by atoms with Crippen molar-refractivity contribution in [3.63, 3.8) is 0 Å². The number of hydrogen-bond donors (Lipinski definition) is 0. The number of aryl methyl sites for hydroxylation is 1. The molecule has 0 unspecified atom stereocenters. The van der Waals surface area contributed by atoms with E-state index < -0.39 is 0 Å². The van der Waals surface area contributed by atoms with Crippen LogP contribution in [0.4, 0.5) is 0 Å². The lowest BCUT2D eigenvalue weighted by Crippen LogP contribution is -1.95. The predicted octanol–water partition coefficient (Wildman–Crippen LogP) is 4.88. The first-order valence-electron chi connectivity index (χ1n) is 5.28. The monoisotopic (exact) mass is 266 g/mol. The van der Waals surface area contributed by atoms with Gasteiger partial charge < -0.3 is 4.74 Å². The SMILES string of the molecule is Cc1ccc(OCc2cccc(Cl)c2)c(Cl)c1. The summed E-state index contributed by atoms with van der Waals surface area (Å²) in [5, 5.41) is 1.34. The Bertz CT molecular complexity index is 523. The minimum Gasteiger partial charge on any atom is -0.487 e. The maximum atomic E-state index is 6.08. The quantitative estimate of drug-likeness (QED) is 0.770. The van der Waals surface area contributed by atoms with Crippen molar-refractivity contribution in [3.8, 4) is 5.75 Å². The molecule has 0 bridgehead atoms. The highest BCUT2D eigenvalue weighted by Gasteiger charge is 2.02. The molecule has 1 nitrogen and oxygen atoms in total. The van der Waals surface area contributed by atoms with Crippen LogP contribution in [0.2, 0.25) is 10.0 Å². The summed E-state index contributed by atoms with van der Waals surface area (Å²) >= 11 is 12.0. The van der Waals surface area contributed by atoms with Crippen molar-refractivity contribution in [2.45, 2.75) is 13.5 Å².